The molecule has 0 saturated carbocycles. The van der Waals surface area contributed by atoms with Crippen molar-refractivity contribution in [2.75, 3.05) is 0 Å². The Kier molecular flexibility index (Phi) is 5.22. The van der Waals surface area contributed by atoms with Crippen molar-refractivity contribution in [3.63, 3.8) is 0 Å². The predicted octanol–water partition coefficient (Wildman–Crippen LogP) is 2.19. The summed E-state index contributed by atoms with van der Waals surface area (Å²) in [5, 5.41) is 16.8. The molecule has 20 heavy (non-hydrogen) atoms. The van der Waals surface area contributed by atoms with E-state index < -0.39 is 12.1 Å². The molecular formula is C10H11F3N4O2S. The summed E-state index contributed by atoms with van der Waals surface area (Å²) in [7, 11) is 0. The van der Waals surface area contributed by atoms with Crippen LogP contribution in [-0.4, -0.2) is 32.4 Å². The monoisotopic (exact) mass is 308 g/mol. The maximum Gasteiger partial charge on any atom is 0.490 e. The van der Waals surface area contributed by atoms with Crippen molar-refractivity contribution in [2.24, 2.45) is 5.73 Å². The van der Waals surface area contributed by atoms with Gasteiger partial charge < -0.3 is 15.8 Å². The molecule has 1 atom stereocenters. The first-order valence-corrected chi connectivity index (χ1v) is 6.10. The summed E-state index contributed by atoms with van der Waals surface area (Å²) in [5.74, 6) is -1.96. The summed E-state index contributed by atoms with van der Waals surface area (Å²) < 4.78 is 31.7. The molecule has 0 radical (unpaired) electrons. The van der Waals surface area contributed by atoms with Gasteiger partial charge >= 0.3 is 12.1 Å². The summed E-state index contributed by atoms with van der Waals surface area (Å²) in [4.78, 5) is 13.0. The number of thiophene rings is 1. The molecule has 4 N–H and O–H groups in total. The van der Waals surface area contributed by atoms with E-state index in [2.05, 4.69) is 15.2 Å². The third-order valence-electron chi connectivity index (χ3n) is 2.00. The number of rotatable bonds is 2. The molecule has 0 bridgehead atoms. The van der Waals surface area contributed by atoms with Gasteiger partial charge in [-0.3, -0.25) is 0 Å². The van der Waals surface area contributed by atoms with Crippen LogP contribution in [0.15, 0.2) is 17.8 Å². The molecule has 0 aromatic carbocycles. The van der Waals surface area contributed by atoms with E-state index in [0.29, 0.717) is 0 Å². The first-order chi connectivity index (χ1) is 9.21. The molecule has 10 heteroatoms. The van der Waals surface area contributed by atoms with Gasteiger partial charge in [-0.15, -0.1) is 21.5 Å². The summed E-state index contributed by atoms with van der Waals surface area (Å²) in [5.41, 5.74) is 6.80. The third kappa shape index (κ3) is 4.63. The zero-order chi connectivity index (χ0) is 15.3. The number of alkyl halides is 3. The van der Waals surface area contributed by atoms with Gasteiger partial charge in [0.2, 0.25) is 0 Å². The van der Waals surface area contributed by atoms with Gasteiger partial charge in [0.05, 0.1) is 0 Å². The maximum atomic E-state index is 10.6. The second kappa shape index (κ2) is 6.48. The molecule has 0 saturated heterocycles. The van der Waals surface area contributed by atoms with Gasteiger partial charge in [-0.1, -0.05) is 0 Å². The number of aromatic amines is 1. The Labute approximate surface area is 115 Å². The van der Waals surface area contributed by atoms with Crippen LogP contribution < -0.4 is 5.73 Å². The second-order valence-electron chi connectivity index (χ2n) is 3.67. The molecule has 2 aromatic heterocycles. The van der Waals surface area contributed by atoms with Crippen LogP contribution in [0.1, 0.15) is 17.8 Å². The number of hydrogen-bond acceptors (Lipinski definition) is 5. The highest BCUT2D eigenvalue weighted by atomic mass is 32.1. The van der Waals surface area contributed by atoms with Crippen LogP contribution in [0.5, 0.6) is 0 Å². The number of carbonyl (C=O) groups is 1. The van der Waals surface area contributed by atoms with Gasteiger partial charge in [0.1, 0.15) is 6.33 Å². The minimum atomic E-state index is -5.08. The Morgan fingerprint density at radius 1 is 1.55 bits per heavy atom. The van der Waals surface area contributed by atoms with E-state index >= 15 is 0 Å². The fourth-order valence-corrected chi connectivity index (χ4v) is 1.91. The van der Waals surface area contributed by atoms with E-state index in [1.165, 1.54) is 0 Å². The number of aromatic nitrogens is 3. The van der Waals surface area contributed by atoms with Crippen molar-refractivity contribution in [1.29, 1.82) is 0 Å². The molecule has 0 spiro atoms. The SMILES string of the molecule is CC(N)c1cc(-c2nnc[nH]2)cs1.O=C(O)C(F)(F)F. The summed E-state index contributed by atoms with van der Waals surface area (Å²) >= 11 is 1.64. The zero-order valence-electron chi connectivity index (χ0n) is 10.2. The van der Waals surface area contributed by atoms with Crippen molar-refractivity contribution in [3.05, 3.63) is 22.7 Å². The van der Waals surface area contributed by atoms with Crippen LogP contribution in [0.25, 0.3) is 11.4 Å². The van der Waals surface area contributed by atoms with Gasteiger partial charge in [0, 0.05) is 21.9 Å². The van der Waals surface area contributed by atoms with Gasteiger partial charge in [-0.25, -0.2) is 4.79 Å². The van der Waals surface area contributed by atoms with Gasteiger partial charge in [0.15, 0.2) is 5.82 Å². The van der Waals surface area contributed by atoms with Crippen LogP contribution in [-0.2, 0) is 4.79 Å². The molecule has 0 fully saturated rings. The number of H-pyrrole nitrogens is 1. The van der Waals surface area contributed by atoms with Crippen LogP contribution in [0.4, 0.5) is 13.2 Å². The van der Waals surface area contributed by atoms with Crippen LogP contribution in [0.3, 0.4) is 0 Å². The lowest BCUT2D eigenvalue weighted by Crippen LogP contribution is -2.21. The molecule has 2 aromatic rings. The highest BCUT2D eigenvalue weighted by molar-refractivity contribution is 7.10. The summed E-state index contributed by atoms with van der Waals surface area (Å²) in [6.45, 7) is 1.97. The lowest BCUT2D eigenvalue weighted by molar-refractivity contribution is -0.192. The minimum Gasteiger partial charge on any atom is -0.475 e. The van der Waals surface area contributed by atoms with E-state index in [1.54, 1.807) is 17.7 Å². The number of halogens is 3. The summed E-state index contributed by atoms with van der Waals surface area (Å²) in [6.07, 6.45) is -3.52. The van der Waals surface area contributed by atoms with E-state index in [-0.39, 0.29) is 6.04 Å². The zero-order valence-corrected chi connectivity index (χ0v) is 11.0. The largest absolute Gasteiger partial charge is 0.490 e. The fraction of sp³-hybridized carbons (Fsp3) is 0.300. The van der Waals surface area contributed by atoms with Crippen LogP contribution in [0.2, 0.25) is 0 Å². The lowest BCUT2D eigenvalue weighted by Gasteiger charge is -1.97. The smallest absolute Gasteiger partial charge is 0.475 e. The maximum absolute atomic E-state index is 10.6. The van der Waals surface area contributed by atoms with Crippen LogP contribution in [0, 0.1) is 0 Å². The molecule has 0 amide bonds. The Bertz CT molecular complexity index is 551. The normalized spacial score (nSPS) is 12.4. The van der Waals surface area contributed by atoms with Crippen molar-refractivity contribution in [2.45, 2.75) is 19.1 Å². The van der Waals surface area contributed by atoms with E-state index in [0.717, 1.165) is 16.3 Å². The first kappa shape index (κ1) is 16.1. The molecular weight excluding hydrogens is 297 g/mol. The molecule has 0 aliphatic carbocycles. The standard InChI is InChI=1S/C8H10N4S.C2HF3O2/c1-5(9)7-2-6(3-13-7)8-10-4-11-12-8;3-2(4,5)1(6)7/h2-5H,9H2,1H3,(H,10,11,12);(H,6,7). The number of hydrogen-bond donors (Lipinski definition) is 3. The van der Waals surface area contributed by atoms with E-state index in [4.69, 9.17) is 15.6 Å². The van der Waals surface area contributed by atoms with E-state index in [1.807, 2.05) is 18.4 Å². The average molecular weight is 308 g/mol. The molecule has 1 unspecified atom stereocenters. The molecule has 0 aliphatic heterocycles. The van der Waals surface area contributed by atoms with Crippen molar-refractivity contribution >= 4 is 17.3 Å². The average Bonchev–Trinajstić information content (AvgIpc) is 2.99. The predicted molar refractivity (Wildman–Crippen MR) is 66.0 cm³/mol. The molecule has 2 rings (SSSR count). The summed E-state index contributed by atoms with van der Waals surface area (Å²) in [6, 6.07) is 2.12. The number of carboxylic acid groups (broad SMARTS) is 1. The number of nitrogens with zero attached hydrogens (tertiary/aromatic N) is 2. The molecule has 110 valence electrons. The van der Waals surface area contributed by atoms with Crippen molar-refractivity contribution in [3.8, 4) is 11.4 Å². The first-order valence-electron chi connectivity index (χ1n) is 5.22. The number of aliphatic carboxylic acids is 1. The van der Waals surface area contributed by atoms with Gasteiger partial charge in [0.25, 0.3) is 0 Å². The molecule has 2 heterocycles. The Morgan fingerprint density at radius 2 is 2.15 bits per heavy atom. The Hall–Kier alpha value is -1.94. The fourth-order valence-electron chi connectivity index (χ4n) is 1.06. The van der Waals surface area contributed by atoms with Gasteiger partial charge in [-0.2, -0.15) is 13.2 Å². The van der Waals surface area contributed by atoms with E-state index in [9.17, 15) is 13.2 Å². The highest BCUT2D eigenvalue weighted by Gasteiger charge is 2.38. The minimum absolute atomic E-state index is 0.0849. The van der Waals surface area contributed by atoms with Crippen molar-refractivity contribution < 1.29 is 23.1 Å². The number of nitrogens with one attached hydrogen (secondary N) is 1. The van der Waals surface area contributed by atoms with Gasteiger partial charge in [-0.05, 0) is 13.0 Å². The van der Waals surface area contributed by atoms with Crippen LogP contribution >= 0.6 is 11.3 Å². The second-order valence-corrected chi connectivity index (χ2v) is 4.61. The van der Waals surface area contributed by atoms with Crippen molar-refractivity contribution in [1.82, 2.24) is 15.2 Å². The topological polar surface area (TPSA) is 105 Å². The number of carboxylic acids is 1. The number of nitrogens with two attached hydrogens (primary N) is 1. The Morgan fingerprint density at radius 3 is 2.50 bits per heavy atom. The molecule has 0 aliphatic rings. The third-order valence-corrected chi connectivity index (χ3v) is 3.13. The highest BCUT2D eigenvalue weighted by Crippen LogP contribution is 2.25. The molecule has 6 nitrogen and oxygen atoms in total. The quantitative estimate of drug-likeness (QED) is 0.788. The Balaban J connectivity index is 0.000000246. The lowest BCUT2D eigenvalue weighted by atomic mass is 10.2.